The Morgan fingerprint density at radius 1 is 0.516 bits per heavy atom. The minimum absolute atomic E-state index is 0.136. The van der Waals surface area contributed by atoms with E-state index in [2.05, 4.69) is 67.8 Å². The maximum absolute atomic E-state index is 12.3. The second-order valence-electron chi connectivity index (χ2n) is 16.6. The first-order valence-corrected chi connectivity index (χ1v) is 26.2. The molecule has 0 aromatic rings. The minimum atomic E-state index is -4.76. The Hall–Kier alpha value is -2.56. The zero-order valence-electron chi connectivity index (χ0n) is 39.2. The number of carboxylic acids is 1. The molecule has 0 aromatic heterocycles. The first-order valence-electron chi connectivity index (χ1n) is 24.7. The van der Waals surface area contributed by atoms with Gasteiger partial charge >= 0.3 is 19.8 Å². The van der Waals surface area contributed by atoms with Crippen molar-refractivity contribution in [2.45, 2.75) is 231 Å². The molecule has 62 heavy (non-hydrogen) atoms. The highest BCUT2D eigenvalue weighted by molar-refractivity contribution is 7.47. The highest BCUT2D eigenvalue weighted by atomic mass is 31.2. The summed E-state index contributed by atoms with van der Waals surface area (Å²) in [7, 11) is -4.76. The summed E-state index contributed by atoms with van der Waals surface area (Å²) < 4.78 is 26.9. The smallest absolute Gasteiger partial charge is 0.472 e. The Morgan fingerprint density at radius 3 is 1.31 bits per heavy atom. The van der Waals surface area contributed by atoms with Gasteiger partial charge in [0.25, 0.3) is 0 Å². The van der Waals surface area contributed by atoms with Crippen LogP contribution in [-0.2, 0) is 32.7 Å². The van der Waals surface area contributed by atoms with Crippen LogP contribution in [0.5, 0.6) is 0 Å². The molecule has 360 valence electrons. The van der Waals surface area contributed by atoms with E-state index in [1.54, 1.807) is 0 Å². The lowest BCUT2D eigenvalue weighted by atomic mass is 10.0. The molecule has 0 spiro atoms. The summed E-state index contributed by atoms with van der Waals surface area (Å²) in [5.41, 5.74) is 0. The van der Waals surface area contributed by atoms with Crippen molar-refractivity contribution in [1.29, 1.82) is 0 Å². The Kier molecular flexibility index (Phi) is 43.2. The van der Waals surface area contributed by atoms with Crippen LogP contribution in [0.15, 0.2) is 48.6 Å². The molecule has 11 nitrogen and oxygen atoms in total. The molecule has 0 rings (SSSR count). The molecular formula is C50H90NO10P. The number of rotatable bonds is 46. The topological polar surface area (TPSA) is 169 Å². The number of ether oxygens (including phenoxy) is 1. The summed E-state index contributed by atoms with van der Waals surface area (Å²) in [5, 5.41) is 21.9. The van der Waals surface area contributed by atoms with Gasteiger partial charge in [-0.05, 0) is 77.0 Å². The fraction of sp³-hybridized carbons (Fsp3) is 0.780. The van der Waals surface area contributed by atoms with Crippen molar-refractivity contribution in [3.05, 3.63) is 48.6 Å². The number of nitrogens with one attached hydrogen (secondary N) is 1. The van der Waals surface area contributed by atoms with Crippen LogP contribution in [-0.4, -0.2) is 64.9 Å². The van der Waals surface area contributed by atoms with Gasteiger partial charge in [0, 0.05) is 12.8 Å². The van der Waals surface area contributed by atoms with Gasteiger partial charge in [-0.25, -0.2) is 9.36 Å². The number of allylic oxidation sites excluding steroid dienone is 8. The molecule has 4 N–H and O–H groups in total. The Morgan fingerprint density at radius 2 is 0.887 bits per heavy atom. The number of carbonyl (C=O) groups is 3. The molecule has 3 unspecified atom stereocenters. The third kappa shape index (κ3) is 44.1. The largest absolute Gasteiger partial charge is 0.480 e. The van der Waals surface area contributed by atoms with Gasteiger partial charge in [-0.15, -0.1) is 0 Å². The van der Waals surface area contributed by atoms with E-state index in [9.17, 15) is 34.1 Å². The Balaban J connectivity index is 3.84. The number of carbonyl (C=O) groups excluding carboxylic acids is 2. The quantitative estimate of drug-likeness (QED) is 0.0200. The zero-order chi connectivity index (χ0) is 45.6. The molecule has 0 aromatic carbocycles. The molecule has 0 bridgehead atoms. The van der Waals surface area contributed by atoms with Gasteiger partial charge in [0.2, 0.25) is 5.91 Å². The van der Waals surface area contributed by atoms with E-state index in [0.29, 0.717) is 12.8 Å². The number of aliphatic carboxylic acids is 1. The van der Waals surface area contributed by atoms with Crippen LogP contribution < -0.4 is 5.32 Å². The average molecular weight is 896 g/mol. The highest BCUT2D eigenvalue weighted by Gasteiger charge is 2.28. The number of amides is 1. The maximum Gasteiger partial charge on any atom is 0.472 e. The molecule has 0 fully saturated rings. The van der Waals surface area contributed by atoms with E-state index in [1.165, 1.54) is 109 Å². The highest BCUT2D eigenvalue weighted by Crippen LogP contribution is 2.43. The SMILES string of the molecule is CCCCC/C=C\C/C=C\CCCCCCCCCCCCCC(=O)OCC(O)COP(=O)(O)OCC(NC(=O)CCCCCCCCC/C=C\C/C=C\CCCCC)C(=O)O. The number of phosphoric acid groups is 1. The molecule has 12 heteroatoms. The number of unbranched alkanes of at least 4 members (excludes halogenated alkanes) is 24. The number of aliphatic hydroxyl groups excluding tert-OH is 1. The van der Waals surface area contributed by atoms with Gasteiger partial charge in [0.15, 0.2) is 6.04 Å². The fourth-order valence-corrected chi connectivity index (χ4v) is 7.50. The van der Waals surface area contributed by atoms with Crippen LogP contribution in [0, 0.1) is 0 Å². The molecule has 0 aliphatic rings. The van der Waals surface area contributed by atoms with Crippen molar-refractivity contribution < 1.29 is 47.8 Å². The lowest BCUT2D eigenvalue weighted by Crippen LogP contribution is -2.43. The summed E-state index contributed by atoms with van der Waals surface area (Å²) in [5.74, 6) is -2.38. The van der Waals surface area contributed by atoms with E-state index in [1.807, 2.05) is 0 Å². The van der Waals surface area contributed by atoms with Crippen LogP contribution in [0.25, 0.3) is 0 Å². The van der Waals surface area contributed by atoms with Crippen LogP contribution in [0.2, 0.25) is 0 Å². The number of carboxylic acid groups (broad SMARTS) is 1. The van der Waals surface area contributed by atoms with Crippen LogP contribution in [0.4, 0.5) is 0 Å². The predicted molar refractivity (Wildman–Crippen MR) is 254 cm³/mol. The van der Waals surface area contributed by atoms with Crippen molar-refractivity contribution in [2.24, 2.45) is 0 Å². The molecule has 1 amide bonds. The summed E-state index contributed by atoms with van der Waals surface area (Å²) in [6.45, 7) is 2.56. The maximum atomic E-state index is 12.3. The molecule has 0 saturated carbocycles. The lowest BCUT2D eigenvalue weighted by molar-refractivity contribution is -0.147. The van der Waals surface area contributed by atoms with Gasteiger partial charge in [0.05, 0.1) is 13.2 Å². The normalized spacial score (nSPS) is 14.0. The second kappa shape index (κ2) is 45.0. The second-order valence-corrected chi connectivity index (χ2v) is 18.1. The number of phosphoric ester groups is 1. The molecular weight excluding hydrogens is 806 g/mol. The van der Waals surface area contributed by atoms with Gasteiger partial charge in [-0.2, -0.15) is 0 Å². The van der Waals surface area contributed by atoms with Crippen molar-refractivity contribution in [3.8, 4) is 0 Å². The van der Waals surface area contributed by atoms with E-state index < -0.39 is 57.6 Å². The van der Waals surface area contributed by atoms with E-state index in [-0.39, 0.29) is 12.8 Å². The fourth-order valence-electron chi connectivity index (χ4n) is 6.73. The van der Waals surface area contributed by atoms with Gasteiger partial charge < -0.3 is 25.2 Å². The zero-order valence-corrected chi connectivity index (χ0v) is 40.1. The standard InChI is InChI=1S/C50H90NO10P/c1-3-5-7-9-11-13-15-17-19-21-22-23-24-26-28-30-32-34-36-38-40-42-49(54)59-43-46(52)44-60-62(57,58)61-45-47(50(55)56)51-48(53)41-39-37-35-33-31-29-27-25-20-18-16-14-12-10-8-6-4-2/h11-14,17-20,46-47,52H,3-10,15-16,21-45H2,1-2H3,(H,51,53)(H,55,56)(H,57,58)/b13-11-,14-12-,19-17-,20-18-. The summed E-state index contributed by atoms with van der Waals surface area (Å²) >= 11 is 0. The average Bonchev–Trinajstić information content (AvgIpc) is 3.25. The third-order valence-corrected chi connectivity index (χ3v) is 11.5. The van der Waals surface area contributed by atoms with Crippen molar-refractivity contribution in [2.75, 3.05) is 19.8 Å². The minimum Gasteiger partial charge on any atom is -0.480 e. The molecule has 0 aliphatic carbocycles. The first-order chi connectivity index (χ1) is 30.1. The van der Waals surface area contributed by atoms with E-state index in [0.717, 1.165) is 70.6 Å². The van der Waals surface area contributed by atoms with Gasteiger partial charge in [-0.1, -0.05) is 178 Å². The van der Waals surface area contributed by atoms with E-state index in [4.69, 9.17) is 13.8 Å². The molecule has 0 heterocycles. The van der Waals surface area contributed by atoms with Gasteiger partial charge in [0.1, 0.15) is 12.7 Å². The first kappa shape index (κ1) is 59.4. The van der Waals surface area contributed by atoms with Crippen molar-refractivity contribution in [3.63, 3.8) is 0 Å². The summed E-state index contributed by atoms with van der Waals surface area (Å²) in [6, 6.07) is -1.55. The van der Waals surface area contributed by atoms with Crippen LogP contribution in [0.3, 0.4) is 0 Å². The van der Waals surface area contributed by atoms with Crippen LogP contribution >= 0.6 is 7.82 Å². The summed E-state index contributed by atoms with van der Waals surface area (Å²) in [4.78, 5) is 46.1. The summed E-state index contributed by atoms with van der Waals surface area (Å²) in [6.07, 6.45) is 51.2. The predicted octanol–water partition coefficient (Wildman–Crippen LogP) is 13.3. The number of hydrogen-bond acceptors (Lipinski definition) is 8. The number of hydrogen-bond donors (Lipinski definition) is 4. The number of aliphatic hydroxyl groups is 1. The Bertz CT molecular complexity index is 1240. The third-order valence-electron chi connectivity index (χ3n) is 10.6. The molecule has 0 radical (unpaired) electrons. The molecule has 3 atom stereocenters. The van der Waals surface area contributed by atoms with Crippen molar-refractivity contribution >= 4 is 25.7 Å². The molecule has 0 aliphatic heterocycles. The Labute approximate surface area is 377 Å². The van der Waals surface area contributed by atoms with Gasteiger partial charge in [-0.3, -0.25) is 18.6 Å². The van der Waals surface area contributed by atoms with E-state index >= 15 is 0 Å². The van der Waals surface area contributed by atoms with Crippen LogP contribution in [0.1, 0.15) is 219 Å². The monoisotopic (exact) mass is 896 g/mol. The number of esters is 1. The lowest BCUT2D eigenvalue weighted by Gasteiger charge is -2.18. The molecule has 0 saturated heterocycles. The van der Waals surface area contributed by atoms with Crippen molar-refractivity contribution in [1.82, 2.24) is 5.32 Å².